The van der Waals surface area contributed by atoms with E-state index in [0.717, 1.165) is 11.4 Å². The van der Waals surface area contributed by atoms with E-state index >= 15 is 0 Å². The molecule has 5 nitrogen and oxygen atoms in total. The number of nitrogens with one attached hydrogen (secondary N) is 1. The number of benzene rings is 1. The van der Waals surface area contributed by atoms with E-state index in [-0.39, 0.29) is 5.91 Å². The molecule has 2 aromatic rings. The number of amides is 1. The van der Waals surface area contributed by atoms with Crippen molar-refractivity contribution in [3.8, 4) is 5.69 Å². The third kappa shape index (κ3) is 3.45. The Kier molecular flexibility index (Phi) is 4.53. The van der Waals surface area contributed by atoms with E-state index in [1.165, 1.54) is 0 Å². The minimum Gasteiger partial charge on any atom is -0.323 e. The molecule has 0 spiro atoms. The normalized spacial score (nSPS) is 12.4. The van der Waals surface area contributed by atoms with Crippen LogP contribution in [-0.4, -0.2) is 21.5 Å². The van der Waals surface area contributed by atoms with Crippen molar-refractivity contribution in [1.29, 1.82) is 0 Å². The molecule has 0 aliphatic rings. The maximum atomic E-state index is 12.1. The Morgan fingerprint density at radius 1 is 1.40 bits per heavy atom. The number of rotatable bonds is 5. The number of anilines is 1. The van der Waals surface area contributed by atoms with Gasteiger partial charge in [0.05, 0.1) is 23.7 Å². The lowest BCUT2D eigenvalue weighted by atomic mass is 10.0. The number of hydrogen-bond donors (Lipinski definition) is 2. The lowest BCUT2D eigenvalue weighted by molar-refractivity contribution is -0.117. The molecule has 0 aliphatic heterocycles. The zero-order chi connectivity index (χ0) is 14.5. The summed E-state index contributed by atoms with van der Waals surface area (Å²) in [4.78, 5) is 16.1. The molecule has 2 rings (SSSR count). The molecule has 1 aromatic carbocycles. The van der Waals surface area contributed by atoms with Gasteiger partial charge in [-0.05, 0) is 24.5 Å². The van der Waals surface area contributed by atoms with Gasteiger partial charge in [-0.25, -0.2) is 4.98 Å². The van der Waals surface area contributed by atoms with Gasteiger partial charge in [0.15, 0.2) is 0 Å². The molecule has 1 heterocycles. The Balaban J connectivity index is 2.16. The molecule has 0 saturated carbocycles. The Morgan fingerprint density at radius 3 is 2.80 bits per heavy atom. The summed E-state index contributed by atoms with van der Waals surface area (Å²) in [6.45, 7) is 4.10. The van der Waals surface area contributed by atoms with Crippen molar-refractivity contribution in [2.75, 3.05) is 5.32 Å². The van der Waals surface area contributed by atoms with Crippen LogP contribution >= 0.6 is 0 Å². The topological polar surface area (TPSA) is 72.9 Å². The highest BCUT2D eigenvalue weighted by molar-refractivity contribution is 5.96. The number of nitrogens with two attached hydrogens (primary N) is 1. The van der Waals surface area contributed by atoms with E-state index in [4.69, 9.17) is 5.73 Å². The van der Waals surface area contributed by atoms with Gasteiger partial charge in [0.25, 0.3) is 0 Å². The van der Waals surface area contributed by atoms with Gasteiger partial charge in [-0.1, -0.05) is 26.0 Å². The van der Waals surface area contributed by atoms with Crippen LogP contribution in [0.3, 0.4) is 0 Å². The van der Waals surface area contributed by atoms with Gasteiger partial charge in [0.2, 0.25) is 5.91 Å². The van der Waals surface area contributed by atoms with Crippen molar-refractivity contribution < 1.29 is 4.79 Å². The molecule has 5 heteroatoms. The summed E-state index contributed by atoms with van der Waals surface area (Å²) < 4.78 is 1.85. The number of carbonyl (C=O) groups is 1. The second-order valence-electron chi connectivity index (χ2n) is 5.21. The van der Waals surface area contributed by atoms with Crippen molar-refractivity contribution in [2.24, 2.45) is 11.7 Å². The molecule has 0 bridgehead atoms. The van der Waals surface area contributed by atoms with Gasteiger partial charge in [-0.3, -0.25) is 4.79 Å². The van der Waals surface area contributed by atoms with Crippen molar-refractivity contribution in [2.45, 2.75) is 26.3 Å². The highest BCUT2D eigenvalue weighted by Gasteiger charge is 2.16. The highest BCUT2D eigenvalue weighted by Crippen LogP contribution is 2.20. The van der Waals surface area contributed by atoms with Crippen LogP contribution in [0.2, 0.25) is 0 Å². The Labute approximate surface area is 118 Å². The van der Waals surface area contributed by atoms with Gasteiger partial charge >= 0.3 is 0 Å². The van der Waals surface area contributed by atoms with Gasteiger partial charge in [-0.2, -0.15) is 0 Å². The van der Waals surface area contributed by atoms with Crippen molar-refractivity contribution in [1.82, 2.24) is 9.55 Å². The second kappa shape index (κ2) is 6.34. The lowest BCUT2D eigenvalue weighted by Crippen LogP contribution is -2.36. The highest BCUT2D eigenvalue weighted by atomic mass is 16.2. The lowest BCUT2D eigenvalue weighted by Gasteiger charge is -2.16. The van der Waals surface area contributed by atoms with Crippen molar-refractivity contribution in [3.05, 3.63) is 43.0 Å². The summed E-state index contributed by atoms with van der Waals surface area (Å²) in [6, 6.07) is 7.08. The summed E-state index contributed by atoms with van der Waals surface area (Å²) in [5, 5.41) is 2.89. The van der Waals surface area contributed by atoms with Crippen LogP contribution in [-0.2, 0) is 4.79 Å². The van der Waals surface area contributed by atoms with E-state index in [2.05, 4.69) is 10.3 Å². The minimum atomic E-state index is -0.495. The molecule has 20 heavy (non-hydrogen) atoms. The van der Waals surface area contributed by atoms with Crippen LogP contribution in [0, 0.1) is 5.92 Å². The number of aromatic nitrogens is 2. The number of hydrogen-bond acceptors (Lipinski definition) is 3. The van der Waals surface area contributed by atoms with Gasteiger partial charge < -0.3 is 15.6 Å². The molecule has 1 aromatic heterocycles. The quantitative estimate of drug-likeness (QED) is 0.876. The van der Waals surface area contributed by atoms with Gasteiger partial charge in [0.1, 0.15) is 0 Å². The number of para-hydroxylation sites is 2. The molecule has 0 aliphatic carbocycles. The predicted molar refractivity (Wildman–Crippen MR) is 79.6 cm³/mol. The zero-order valence-corrected chi connectivity index (χ0v) is 11.8. The van der Waals surface area contributed by atoms with Crippen LogP contribution in [0.15, 0.2) is 43.0 Å². The van der Waals surface area contributed by atoms with E-state index < -0.39 is 6.04 Å². The maximum absolute atomic E-state index is 12.1. The number of imidazole rings is 1. The standard InChI is InChI=1S/C15H20N4O/c1-11(2)9-12(16)15(20)18-13-5-3-4-6-14(13)19-8-7-17-10-19/h3-8,10-12H,9,16H2,1-2H3,(H,18,20)/t12-/m0/s1. The molecule has 3 N–H and O–H groups in total. The molecule has 1 atom stereocenters. The van der Waals surface area contributed by atoms with Crippen LogP contribution in [0.5, 0.6) is 0 Å². The average Bonchev–Trinajstić information content (AvgIpc) is 2.92. The van der Waals surface area contributed by atoms with Crippen LogP contribution in [0.25, 0.3) is 5.69 Å². The van der Waals surface area contributed by atoms with Crippen LogP contribution in [0.1, 0.15) is 20.3 Å². The van der Waals surface area contributed by atoms with E-state index in [9.17, 15) is 4.79 Å². The third-order valence-corrected chi connectivity index (χ3v) is 3.01. The van der Waals surface area contributed by atoms with Crippen molar-refractivity contribution >= 4 is 11.6 Å². The average molecular weight is 272 g/mol. The van der Waals surface area contributed by atoms with Crippen molar-refractivity contribution in [3.63, 3.8) is 0 Å². The fourth-order valence-corrected chi connectivity index (χ4v) is 2.05. The molecule has 0 unspecified atom stereocenters. The summed E-state index contributed by atoms with van der Waals surface area (Å²) in [5.41, 5.74) is 7.51. The first kappa shape index (κ1) is 14.3. The van der Waals surface area contributed by atoms with E-state index in [1.807, 2.05) is 48.9 Å². The molecule has 0 saturated heterocycles. The number of carbonyl (C=O) groups excluding carboxylic acids is 1. The smallest absolute Gasteiger partial charge is 0.241 e. The largest absolute Gasteiger partial charge is 0.323 e. The first-order chi connectivity index (χ1) is 9.58. The second-order valence-corrected chi connectivity index (χ2v) is 5.21. The molecular formula is C15H20N4O. The van der Waals surface area contributed by atoms with E-state index in [1.54, 1.807) is 12.5 Å². The number of nitrogens with zero attached hydrogens (tertiary/aromatic N) is 2. The SMILES string of the molecule is CC(C)C[C@H](N)C(=O)Nc1ccccc1-n1ccnc1. The predicted octanol–water partition coefficient (Wildman–Crippen LogP) is 2.18. The molecule has 0 radical (unpaired) electrons. The molecule has 1 amide bonds. The monoisotopic (exact) mass is 272 g/mol. The first-order valence-electron chi connectivity index (χ1n) is 6.71. The fraction of sp³-hybridized carbons (Fsp3) is 0.333. The van der Waals surface area contributed by atoms with Crippen LogP contribution in [0.4, 0.5) is 5.69 Å². The van der Waals surface area contributed by atoms with Gasteiger partial charge in [-0.15, -0.1) is 0 Å². The summed E-state index contributed by atoms with van der Waals surface area (Å²) in [6.07, 6.45) is 5.89. The maximum Gasteiger partial charge on any atom is 0.241 e. The summed E-state index contributed by atoms with van der Waals surface area (Å²) in [7, 11) is 0. The first-order valence-corrected chi connectivity index (χ1v) is 6.71. The van der Waals surface area contributed by atoms with Crippen LogP contribution < -0.4 is 11.1 Å². The fourth-order valence-electron chi connectivity index (χ4n) is 2.05. The zero-order valence-electron chi connectivity index (χ0n) is 11.8. The summed E-state index contributed by atoms with van der Waals surface area (Å²) in [5.74, 6) is 0.228. The Morgan fingerprint density at radius 2 is 2.15 bits per heavy atom. The third-order valence-electron chi connectivity index (χ3n) is 3.01. The molecule has 106 valence electrons. The van der Waals surface area contributed by atoms with Gasteiger partial charge in [0, 0.05) is 12.4 Å². The summed E-state index contributed by atoms with van der Waals surface area (Å²) >= 11 is 0. The Bertz CT molecular complexity index is 563. The van der Waals surface area contributed by atoms with E-state index in [0.29, 0.717) is 12.3 Å². The minimum absolute atomic E-state index is 0.161. The molecular weight excluding hydrogens is 252 g/mol. The molecule has 0 fully saturated rings. The Hall–Kier alpha value is -2.14.